The molecule has 156 valence electrons. The van der Waals surface area contributed by atoms with Crippen molar-refractivity contribution in [3.05, 3.63) is 60.2 Å². The third-order valence-electron chi connectivity index (χ3n) is 4.37. The molecule has 5 nitrogen and oxygen atoms in total. The van der Waals surface area contributed by atoms with Crippen LogP contribution in [-0.2, 0) is 16.1 Å². The van der Waals surface area contributed by atoms with Crippen LogP contribution in [-0.4, -0.2) is 35.1 Å². The predicted octanol–water partition coefficient (Wildman–Crippen LogP) is 5.01. The molecule has 0 saturated heterocycles. The first-order valence-electron chi connectivity index (χ1n) is 9.85. The Morgan fingerprint density at radius 1 is 0.931 bits per heavy atom. The summed E-state index contributed by atoms with van der Waals surface area (Å²) in [5.41, 5.74) is 2.01. The van der Waals surface area contributed by atoms with Crippen molar-refractivity contribution in [2.45, 2.75) is 58.7 Å². The van der Waals surface area contributed by atoms with Gasteiger partial charge in [0.25, 0.3) is 0 Å². The molecule has 0 aromatic heterocycles. The highest BCUT2D eigenvalue weighted by atomic mass is 16.6. The van der Waals surface area contributed by atoms with Crippen molar-refractivity contribution in [1.82, 2.24) is 10.2 Å². The maximum absolute atomic E-state index is 12.8. The van der Waals surface area contributed by atoms with E-state index in [1.807, 2.05) is 71.0 Å². The quantitative estimate of drug-likeness (QED) is 0.747. The van der Waals surface area contributed by atoms with Gasteiger partial charge in [-0.25, -0.2) is 4.79 Å². The smallest absolute Gasteiger partial charge is 0.408 e. The molecule has 1 N–H and O–H groups in total. The number of benzene rings is 2. The van der Waals surface area contributed by atoms with Crippen LogP contribution >= 0.6 is 0 Å². The first kappa shape index (κ1) is 22.5. The van der Waals surface area contributed by atoms with Gasteiger partial charge in [-0.1, -0.05) is 54.6 Å². The summed E-state index contributed by atoms with van der Waals surface area (Å²) in [6.45, 7) is 9.56. The van der Waals surface area contributed by atoms with Crippen LogP contribution in [0.5, 0.6) is 0 Å². The lowest BCUT2D eigenvalue weighted by Gasteiger charge is -2.30. The summed E-state index contributed by atoms with van der Waals surface area (Å²) < 4.78 is 5.30. The Bertz CT molecular complexity index is 839. The van der Waals surface area contributed by atoms with E-state index >= 15 is 0 Å². The number of nitrogens with one attached hydrogen (secondary N) is 1. The fourth-order valence-electron chi connectivity index (χ4n) is 3.04. The van der Waals surface area contributed by atoms with Gasteiger partial charge in [0.05, 0.1) is 0 Å². The van der Waals surface area contributed by atoms with Crippen LogP contribution < -0.4 is 5.32 Å². The molecule has 0 spiro atoms. The number of hydrogen-bond acceptors (Lipinski definition) is 3. The van der Waals surface area contributed by atoms with Crippen molar-refractivity contribution in [2.24, 2.45) is 0 Å². The molecule has 2 aromatic rings. The van der Waals surface area contributed by atoms with E-state index in [0.717, 1.165) is 16.7 Å². The van der Waals surface area contributed by atoms with Gasteiger partial charge in [0.15, 0.2) is 0 Å². The van der Waals surface area contributed by atoms with Gasteiger partial charge in [-0.15, -0.1) is 0 Å². The average molecular weight is 397 g/mol. The Balaban J connectivity index is 2.04. The molecular formula is C24H32N2O3. The number of nitrogens with zero attached hydrogens (tertiary/aromatic N) is 1. The summed E-state index contributed by atoms with van der Waals surface area (Å²) in [4.78, 5) is 26.6. The topological polar surface area (TPSA) is 58.6 Å². The fourth-order valence-corrected chi connectivity index (χ4v) is 3.04. The van der Waals surface area contributed by atoms with E-state index in [-0.39, 0.29) is 12.3 Å². The number of amides is 2. The molecule has 0 unspecified atom stereocenters. The van der Waals surface area contributed by atoms with Crippen LogP contribution in [0, 0.1) is 0 Å². The standard InChI is InChI=1S/C24H32N2O3/c1-23(2,3)29-22(28)25-24(4,5)16-21(27)26(6)17-19-14-10-11-15-20(19)18-12-8-7-9-13-18/h7-15H,16-17H2,1-6H3,(H,25,28). The van der Waals surface area contributed by atoms with Gasteiger partial charge < -0.3 is 15.0 Å². The minimum absolute atomic E-state index is 0.0473. The number of ether oxygens (including phenoxy) is 1. The molecule has 0 saturated carbocycles. The van der Waals surface area contributed by atoms with E-state index in [2.05, 4.69) is 23.5 Å². The van der Waals surface area contributed by atoms with E-state index in [4.69, 9.17) is 4.74 Å². The molecule has 29 heavy (non-hydrogen) atoms. The molecule has 2 rings (SSSR count). The SMILES string of the molecule is CN(Cc1ccccc1-c1ccccc1)C(=O)CC(C)(C)NC(=O)OC(C)(C)C. The van der Waals surface area contributed by atoms with Crippen molar-refractivity contribution >= 4 is 12.0 Å². The highest BCUT2D eigenvalue weighted by Crippen LogP contribution is 2.25. The highest BCUT2D eigenvalue weighted by molar-refractivity contribution is 5.79. The lowest BCUT2D eigenvalue weighted by atomic mass is 9.98. The minimum atomic E-state index is -0.716. The number of carbonyl (C=O) groups is 2. The van der Waals surface area contributed by atoms with Crippen molar-refractivity contribution < 1.29 is 14.3 Å². The minimum Gasteiger partial charge on any atom is -0.444 e. The maximum Gasteiger partial charge on any atom is 0.408 e. The van der Waals surface area contributed by atoms with Gasteiger partial charge in [0.2, 0.25) is 5.91 Å². The van der Waals surface area contributed by atoms with Gasteiger partial charge >= 0.3 is 6.09 Å². The zero-order chi connectivity index (χ0) is 21.7. The molecule has 0 fully saturated rings. The zero-order valence-corrected chi connectivity index (χ0v) is 18.3. The van der Waals surface area contributed by atoms with E-state index in [1.54, 1.807) is 11.9 Å². The van der Waals surface area contributed by atoms with Gasteiger partial charge in [-0.05, 0) is 51.3 Å². The van der Waals surface area contributed by atoms with E-state index in [9.17, 15) is 9.59 Å². The summed E-state index contributed by atoms with van der Waals surface area (Å²) in [5.74, 6) is -0.0473. The Labute approximate surface area is 174 Å². The van der Waals surface area contributed by atoms with Crippen LogP contribution in [0.15, 0.2) is 54.6 Å². The van der Waals surface area contributed by atoms with Crippen molar-refractivity contribution in [2.75, 3.05) is 7.05 Å². The molecule has 0 aliphatic carbocycles. The first-order chi connectivity index (χ1) is 13.5. The van der Waals surface area contributed by atoms with Crippen molar-refractivity contribution in [3.63, 3.8) is 0 Å². The second-order valence-electron chi connectivity index (χ2n) is 8.96. The highest BCUT2D eigenvalue weighted by Gasteiger charge is 2.28. The Kier molecular flexibility index (Phi) is 7.07. The Morgan fingerprint density at radius 3 is 2.14 bits per heavy atom. The third kappa shape index (κ3) is 7.26. The fraction of sp³-hybridized carbons (Fsp3) is 0.417. The first-order valence-corrected chi connectivity index (χ1v) is 9.85. The molecule has 0 aliphatic heterocycles. The van der Waals surface area contributed by atoms with Crippen LogP contribution in [0.25, 0.3) is 11.1 Å². The van der Waals surface area contributed by atoms with E-state index < -0.39 is 17.2 Å². The van der Waals surface area contributed by atoms with Crippen LogP contribution in [0.1, 0.15) is 46.6 Å². The van der Waals surface area contributed by atoms with E-state index in [0.29, 0.717) is 6.54 Å². The molecule has 0 atom stereocenters. The monoisotopic (exact) mass is 396 g/mol. The van der Waals surface area contributed by atoms with Gasteiger partial charge in [-0.2, -0.15) is 0 Å². The summed E-state index contributed by atoms with van der Waals surface area (Å²) in [6.07, 6.45) is -0.344. The third-order valence-corrected chi connectivity index (χ3v) is 4.37. The second kappa shape index (κ2) is 9.12. The number of carbonyl (C=O) groups excluding carboxylic acids is 2. The Hall–Kier alpha value is -2.82. The van der Waals surface area contributed by atoms with Gasteiger partial charge in [0, 0.05) is 25.6 Å². The van der Waals surface area contributed by atoms with Gasteiger partial charge in [0.1, 0.15) is 5.60 Å². The largest absolute Gasteiger partial charge is 0.444 e. The molecule has 2 aromatic carbocycles. The lowest BCUT2D eigenvalue weighted by molar-refractivity contribution is -0.131. The zero-order valence-electron chi connectivity index (χ0n) is 18.3. The summed E-state index contributed by atoms with van der Waals surface area (Å²) >= 11 is 0. The maximum atomic E-state index is 12.8. The van der Waals surface area contributed by atoms with Crippen molar-refractivity contribution in [3.8, 4) is 11.1 Å². The van der Waals surface area contributed by atoms with Gasteiger partial charge in [-0.3, -0.25) is 4.79 Å². The number of rotatable bonds is 6. The second-order valence-corrected chi connectivity index (χ2v) is 8.96. The molecule has 0 radical (unpaired) electrons. The van der Waals surface area contributed by atoms with Crippen LogP contribution in [0.2, 0.25) is 0 Å². The molecule has 2 amide bonds. The Morgan fingerprint density at radius 2 is 1.52 bits per heavy atom. The lowest BCUT2D eigenvalue weighted by Crippen LogP contribution is -2.48. The summed E-state index contributed by atoms with van der Waals surface area (Å²) in [6, 6.07) is 18.2. The molecule has 5 heteroatoms. The normalized spacial score (nSPS) is 11.7. The molecule has 0 heterocycles. The molecule has 0 aliphatic rings. The molecule has 0 bridgehead atoms. The number of hydrogen-bond donors (Lipinski definition) is 1. The van der Waals surface area contributed by atoms with Crippen molar-refractivity contribution in [1.29, 1.82) is 0 Å². The summed E-state index contributed by atoms with van der Waals surface area (Å²) in [7, 11) is 1.79. The summed E-state index contributed by atoms with van der Waals surface area (Å²) in [5, 5.41) is 2.79. The predicted molar refractivity (Wildman–Crippen MR) is 116 cm³/mol. The average Bonchev–Trinajstić information content (AvgIpc) is 2.60. The van der Waals surface area contributed by atoms with Crippen LogP contribution in [0.3, 0.4) is 0 Å². The number of alkyl carbamates (subject to hydrolysis) is 1. The van der Waals surface area contributed by atoms with Crippen LogP contribution in [0.4, 0.5) is 4.79 Å². The molecular weight excluding hydrogens is 364 g/mol. The van der Waals surface area contributed by atoms with E-state index in [1.165, 1.54) is 0 Å².